The zero-order chi connectivity index (χ0) is 16.9. The minimum absolute atomic E-state index is 0.0747. The average Bonchev–Trinajstić information content (AvgIpc) is 2.58. The minimum Gasteiger partial charge on any atom is -0.350 e. The van der Waals surface area contributed by atoms with Gasteiger partial charge < -0.3 is 16.4 Å². The highest BCUT2D eigenvalue weighted by atomic mass is 16.1. The maximum Gasteiger partial charge on any atom is 0.224 e. The first-order valence-corrected chi connectivity index (χ1v) is 8.35. The third kappa shape index (κ3) is 3.89. The van der Waals surface area contributed by atoms with Gasteiger partial charge >= 0.3 is 0 Å². The van der Waals surface area contributed by atoms with E-state index < -0.39 is 0 Å². The fourth-order valence-corrected chi connectivity index (χ4v) is 2.97. The average molecular weight is 325 g/mol. The SMILES string of the molecule is CC(=O)c1cnc(N[C@@H]2CCCC[C@@H]2N)nc1Nc1ccccc1. The molecule has 0 saturated heterocycles. The summed E-state index contributed by atoms with van der Waals surface area (Å²) in [5.41, 5.74) is 7.52. The summed E-state index contributed by atoms with van der Waals surface area (Å²) in [6.45, 7) is 1.51. The van der Waals surface area contributed by atoms with Gasteiger partial charge in [0.05, 0.1) is 5.56 Å². The monoisotopic (exact) mass is 325 g/mol. The molecule has 6 heteroatoms. The van der Waals surface area contributed by atoms with E-state index in [1.165, 1.54) is 13.3 Å². The highest BCUT2D eigenvalue weighted by molar-refractivity contribution is 5.99. The summed E-state index contributed by atoms with van der Waals surface area (Å²) in [7, 11) is 0. The van der Waals surface area contributed by atoms with Crippen molar-refractivity contribution in [1.29, 1.82) is 0 Å². The van der Waals surface area contributed by atoms with Crippen molar-refractivity contribution in [3.63, 3.8) is 0 Å². The Balaban J connectivity index is 1.83. The Morgan fingerprint density at radius 2 is 1.96 bits per heavy atom. The summed E-state index contributed by atoms with van der Waals surface area (Å²) >= 11 is 0. The number of nitrogens with zero attached hydrogens (tertiary/aromatic N) is 2. The molecule has 1 fully saturated rings. The zero-order valence-electron chi connectivity index (χ0n) is 13.8. The molecular formula is C18H23N5O. The van der Waals surface area contributed by atoms with Crippen LogP contribution in [0.2, 0.25) is 0 Å². The number of para-hydroxylation sites is 1. The van der Waals surface area contributed by atoms with Gasteiger partial charge in [-0.2, -0.15) is 4.98 Å². The molecule has 1 heterocycles. The Labute approximate surface area is 141 Å². The molecule has 126 valence electrons. The number of carbonyl (C=O) groups excluding carboxylic acids is 1. The van der Waals surface area contributed by atoms with Gasteiger partial charge in [-0.25, -0.2) is 4.98 Å². The van der Waals surface area contributed by atoms with Crippen molar-refractivity contribution in [1.82, 2.24) is 9.97 Å². The molecule has 0 amide bonds. The topological polar surface area (TPSA) is 92.9 Å². The van der Waals surface area contributed by atoms with Crippen LogP contribution in [-0.2, 0) is 0 Å². The molecule has 2 atom stereocenters. The van der Waals surface area contributed by atoms with Crippen molar-refractivity contribution >= 4 is 23.2 Å². The van der Waals surface area contributed by atoms with Crippen LogP contribution in [0.3, 0.4) is 0 Å². The normalized spacial score (nSPS) is 20.4. The van der Waals surface area contributed by atoms with E-state index in [9.17, 15) is 4.79 Å². The smallest absolute Gasteiger partial charge is 0.224 e. The van der Waals surface area contributed by atoms with Crippen LogP contribution in [-0.4, -0.2) is 27.8 Å². The first-order chi connectivity index (χ1) is 11.6. The predicted octanol–water partition coefficient (Wildman–Crippen LogP) is 3.10. The fourth-order valence-electron chi connectivity index (χ4n) is 2.97. The third-order valence-electron chi connectivity index (χ3n) is 4.34. The molecule has 1 aromatic heterocycles. The Morgan fingerprint density at radius 1 is 1.21 bits per heavy atom. The summed E-state index contributed by atoms with van der Waals surface area (Å²) in [6, 6.07) is 9.93. The van der Waals surface area contributed by atoms with Gasteiger partial charge in [0.2, 0.25) is 5.95 Å². The lowest BCUT2D eigenvalue weighted by molar-refractivity contribution is 0.101. The maximum atomic E-state index is 11.8. The summed E-state index contributed by atoms with van der Waals surface area (Å²) in [5, 5.41) is 6.52. The van der Waals surface area contributed by atoms with Crippen molar-refractivity contribution in [2.45, 2.75) is 44.7 Å². The predicted molar refractivity (Wildman–Crippen MR) is 95.6 cm³/mol. The van der Waals surface area contributed by atoms with Gasteiger partial charge in [0.1, 0.15) is 5.82 Å². The molecule has 6 nitrogen and oxygen atoms in total. The quantitative estimate of drug-likeness (QED) is 0.732. The van der Waals surface area contributed by atoms with Crippen LogP contribution in [0.5, 0.6) is 0 Å². The lowest BCUT2D eigenvalue weighted by Crippen LogP contribution is -2.43. The molecule has 0 bridgehead atoms. The van der Waals surface area contributed by atoms with E-state index in [2.05, 4.69) is 20.6 Å². The van der Waals surface area contributed by atoms with E-state index in [-0.39, 0.29) is 17.9 Å². The van der Waals surface area contributed by atoms with E-state index in [0.29, 0.717) is 17.3 Å². The van der Waals surface area contributed by atoms with Crippen molar-refractivity contribution in [2.24, 2.45) is 5.73 Å². The highest BCUT2D eigenvalue weighted by Crippen LogP contribution is 2.23. The standard InChI is InChI=1S/C18H23N5O/c1-12(24)14-11-20-18(22-16-10-6-5-9-15(16)19)23-17(14)21-13-7-3-2-4-8-13/h2-4,7-8,11,15-16H,5-6,9-10,19H2,1H3,(H2,20,21,22,23)/t15-,16+/m0/s1. The molecule has 1 saturated carbocycles. The molecule has 0 spiro atoms. The van der Waals surface area contributed by atoms with Crippen LogP contribution in [0.4, 0.5) is 17.5 Å². The molecule has 1 aliphatic carbocycles. The van der Waals surface area contributed by atoms with Crippen LogP contribution in [0.25, 0.3) is 0 Å². The number of ketones is 1. The van der Waals surface area contributed by atoms with Crippen molar-refractivity contribution in [3.05, 3.63) is 42.1 Å². The first kappa shape index (κ1) is 16.4. The molecule has 0 radical (unpaired) electrons. The number of rotatable bonds is 5. The molecule has 1 aliphatic rings. The fraction of sp³-hybridized carbons (Fsp3) is 0.389. The van der Waals surface area contributed by atoms with Gasteiger partial charge in [-0.3, -0.25) is 4.79 Å². The van der Waals surface area contributed by atoms with E-state index in [1.807, 2.05) is 30.3 Å². The highest BCUT2D eigenvalue weighted by Gasteiger charge is 2.23. The number of hydrogen-bond acceptors (Lipinski definition) is 6. The zero-order valence-corrected chi connectivity index (χ0v) is 13.8. The Bertz CT molecular complexity index is 704. The van der Waals surface area contributed by atoms with E-state index >= 15 is 0 Å². The van der Waals surface area contributed by atoms with Crippen LogP contribution in [0.15, 0.2) is 36.5 Å². The Kier molecular flexibility index (Phi) is 5.05. The van der Waals surface area contributed by atoms with Gasteiger partial charge in [0.25, 0.3) is 0 Å². The lowest BCUT2D eigenvalue weighted by atomic mass is 9.91. The third-order valence-corrected chi connectivity index (χ3v) is 4.34. The van der Waals surface area contributed by atoms with Crippen LogP contribution < -0.4 is 16.4 Å². The van der Waals surface area contributed by atoms with Gasteiger partial charge in [-0.05, 0) is 31.9 Å². The van der Waals surface area contributed by atoms with E-state index in [1.54, 1.807) is 6.20 Å². The number of hydrogen-bond donors (Lipinski definition) is 3. The number of anilines is 3. The van der Waals surface area contributed by atoms with Crippen molar-refractivity contribution in [2.75, 3.05) is 10.6 Å². The number of benzene rings is 1. The summed E-state index contributed by atoms with van der Waals surface area (Å²) < 4.78 is 0. The summed E-state index contributed by atoms with van der Waals surface area (Å²) in [6.07, 6.45) is 5.92. The molecular weight excluding hydrogens is 302 g/mol. The van der Waals surface area contributed by atoms with Gasteiger partial charge in [-0.15, -0.1) is 0 Å². The van der Waals surface area contributed by atoms with Crippen molar-refractivity contribution in [3.8, 4) is 0 Å². The summed E-state index contributed by atoms with van der Waals surface area (Å²) in [5.74, 6) is 0.936. The summed E-state index contributed by atoms with van der Waals surface area (Å²) in [4.78, 5) is 20.6. The van der Waals surface area contributed by atoms with Crippen molar-refractivity contribution < 1.29 is 4.79 Å². The second-order valence-corrected chi connectivity index (χ2v) is 6.20. The number of carbonyl (C=O) groups is 1. The molecule has 0 unspecified atom stereocenters. The van der Waals surface area contributed by atoms with E-state index in [0.717, 1.165) is 24.9 Å². The van der Waals surface area contributed by atoms with Gasteiger partial charge in [0.15, 0.2) is 5.78 Å². The number of Topliss-reactive ketones (excluding diaryl/α,β-unsaturated/α-hetero) is 1. The largest absolute Gasteiger partial charge is 0.350 e. The van der Waals surface area contributed by atoms with Crippen LogP contribution in [0.1, 0.15) is 43.0 Å². The number of nitrogens with two attached hydrogens (primary N) is 1. The second kappa shape index (κ2) is 7.40. The molecule has 4 N–H and O–H groups in total. The maximum absolute atomic E-state index is 11.8. The van der Waals surface area contributed by atoms with Gasteiger partial charge in [0, 0.05) is 24.0 Å². The number of nitrogens with one attached hydrogen (secondary N) is 2. The molecule has 24 heavy (non-hydrogen) atoms. The molecule has 1 aromatic carbocycles. The Morgan fingerprint density at radius 3 is 2.67 bits per heavy atom. The molecule has 2 aromatic rings. The minimum atomic E-state index is -0.0747. The number of aromatic nitrogens is 2. The second-order valence-electron chi connectivity index (χ2n) is 6.20. The van der Waals surface area contributed by atoms with Crippen LogP contribution >= 0.6 is 0 Å². The molecule has 3 rings (SSSR count). The molecule has 0 aliphatic heterocycles. The van der Waals surface area contributed by atoms with Gasteiger partial charge in [-0.1, -0.05) is 31.0 Å². The Hall–Kier alpha value is -2.47. The lowest BCUT2D eigenvalue weighted by Gasteiger charge is -2.29. The van der Waals surface area contributed by atoms with E-state index in [4.69, 9.17) is 5.73 Å². The van der Waals surface area contributed by atoms with Crippen LogP contribution in [0, 0.1) is 0 Å². The first-order valence-electron chi connectivity index (χ1n) is 8.35.